The number of aromatic nitrogens is 1. The minimum absolute atomic E-state index is 0.00222. The molecule has 0 spiro atoms. The lowest BCUT2D eigenvalue weighted by Crippen LogP contribution is -2.42. The third-order valence-corrected chi connectivity index (χ3v) is 6.88. The van der Waals surface area contributed by atoms with Crippen molar-refractivity contribution < 1.29 is 4.74 Å². The van der Waals surface area contributed by atoms with Crippen molar-refractivity contribution in [1.82, 2.24) is 15.2 Å². The number of hydrogen-bond donors (Lipinski definition) is 1. The molecule has 164 valence electrons. The van der Waals surface area contributed by atoms with E-state index in [0.29, 0.717) is 6.61 Å². The molecule has 0 bridgehead atoms. The van der Waals surface area contributed by atoms with Crippen molar-refractivity contribution in [2.45, 2.75) is 44.8 Å². The van der Waals surface area contributed by atoms with Gasteiger partial charge in [-0.05, 0) is 74.8 Å². The number of thiocarbonyl (C=S) groups is 1. The number of pyridine rings is 1. The summed E-state index contributed by atoms with van der Waals surface area (Å²) >= 11 is 5.76. The Morgan fingerprint density at radius 2 is 2.03 bits per heavy atom. The number of nitrogens with zero attached hydrogens (tertiary/aromatic N) is 3. The van der Waals surface area contributed by atoms with Gasteiger partial charge in [-0.1, -0.05) is 18.2 Å². The number of likely N-dealkylation sites (N-methyl/N-ethyl adjacent to an activating group) is 1. The fraction of sp³-hybridized carbons (Fsp3) is 0.440. The van der Waals surface area contributed by atoms with Crippen LogP contribution in [0.25, 0.3) is 5.57 Å². The maximum Gasteiger partial charge on any atom is 0.170 e. The molecular weight excluding hydrogens is 404 g/mol. The first-order valence-corrected chi connectivity index (χ1v) is 11.3. The number of nitrogens with one attached hydrogen (secondary N) is 1. The van der Waals surface area contributed by atoms with Crippen LogP contribution in [-0.2, 0) is 4.74 Å². The molecule has 6 heteroatoms. The smallest absolute Gasteiger partial charge is 0.170 e. The Kier molecular flexibility index (Phi) is 6.04. The summed E-state index contributed by atoms with van der Waals surface area (Å²) in [6.07, 6.45) is 5.12. The second-order valence-corrected chi connectivity index (χ2v) is 9.37. The molecule has 1 aromatic heterocycles. The summed E-state index contributed by atoms with van der Waals surface area (Å²) in [5.74, 6) is 0. The summed E-state index contributed by atoms with van der Waals surface area (Å²) < 4.78 is 5.29. The molecule has 1 N–H and O–H groups in total. The van der Waals surface area contributed by atoms with Gasteiger partial charge in [0.1, 0.15) is 0 Å². The van der Waals surface area contributed by atoms with E-state index in [-0.39, 0.29) is 17.6 Å². The predicted octanol–water partition coefficient (Wildman–Crippen LogP) is 4.72. The highest BCUT2D eigenvalue weighted by atomic mass is 32.1. The first kappa shape index (κ1) is 21.8. The number of anilines is 1. The van der Waals surface area contributed by atoms with E-state index in [0.717, 1.165) is 23.8 Å². The molecule has 3 heterocycles. The molecule has 31 heavy (non-hydrogen) atoms. The Morgan fingerprint density at radius 3 is 2.74 bits per heavy atom. The lowest BCUT2D eigenvalue weighted by atomic mass is 9.86. The molecule has 0 radical (unpaired) electrons. The van der Waals surface area contributed by atoms with Crippen LogP contribution in [0.4, 0.5) is 5.69 Å². The highest BCUT2D eigenvalue weighted by Crippen LogP contribution is 2.43. The van der Waals surface area contributed by atoms with E-state index >= 15 is 0 Å². The Labute approximate surface area is 191 Å². The maximum absolute atomic E-state index is 5.76. The largest absolute Gasteiger partial charge is 0.385 e. The van der Waals surface area contributed by atoms with Crippen molar-refractivity contribution in [2.75, 3.05) is 32.2 Å². The fourth-order valence-electron chi connectivity index (χ4n) is 4.75. The number of allylic oxidation sites excluding steroid dienone is 1. The molecule has 0 saturated carbocycles. The molecule has 2 unspecified atom stereocenters. The molecule has 2 aliphatic heterocycles. The molecule has 2 atom stereocenters. The van der Waals surface area contributed by atoms with Crippen molar-refractivity contribution >= 4 is 28.6 Å². The van der Waals surface area contributed by atoms with Crippen molar-refractivity contribution in [2.24, 2.45) is 0 Å². The number of ether oxygens (including phenoxy) is 1. The Morgan fingerprint density at radius 1 is 1.23 bits per heavy atom. The van der Waals surface area contributed by atoms with Crippen molar-refractivity contribution in [3.63, 3.8) is 0 Å². The van der Waals surface area contributed by atoms with Crippen LogP contribution in [0.1, 0.15) is 56.1 Å². The van der Waals surface area contributed by atoms with Crippen LogP contribution in [0.2, 0.25) is 0 Å². The van der Waals surface area contributed by atoms with Gasteiger partial charge >= 0.3 is 0 Å². The highest BCUT2D eigenvalue weighted by Gasteiger charge is 2.40. The number of hydrogen-bond acceptors (Lipinski definition) is 4. The Balaban J connectivity index is 1.76. The summed E-state index contributed by atoms with van der Waals surface area (Å²) in [6.45, 7) is 8.27. The van der Waals surface area contributed by atoms with Gasteiger partial charge < -0.3 is 19.9 Å². The minimum atomic E-state index is -0.00222. The zero-order chi connectivity index (χ0) is 22.2. The summed E-state index contributed by atoms with van der Waals surface area (Å²) in [6, 6.07) is 13.0. The van der Waals surface area contributed by atoms with Gasteiger partial charge in [-0.15, -0.1) is 0 Å². The highest BCUT2D eigenvalue weighted by molar-refractivity contribution is 7.80. The molecular formula is C25H32N4OS. The van der Waals surface area contributed by atoms with Crippen LogP contribution in [0.3, 0.4) is 0 Å². The quantitative estimate of drug-likeness (QED) is 0.522. The molecule has 0 amide bonds. The van der Waals surface area contributed by atoms with Crippen LogP contribution in [-0.4, -0.2) is 47.8 Å². The summed E-state index contributed by atoms with van der Waals surface area (Å²) in [4.78, 5) is 9.29. The fourth-order valence-corrected chi connectivity index (χ4v) is 5.08. The third-order valence-electron chi connectivity index (χ3n) is 6.53. The van der Waals surface area contributed by atoms with E-state index in [2.05, 4.69) is 78.3 Å². The van der Waals surface area contributed by atoms with Gasteiger partial charge in [-0.25, -0.2) is 0 Å². The standard InChI is InChI=1S/C25H32N4OS/c1-17-16-25(2,3)28(4)21-11-10-18(15-19(17)21)23-22(20-9-6-7-12-26-20)27-24(31)29(23)13-8-14-30-5/h6-7,9-12,15-16,22-23H,8,13-14H2,1-5H3,(H,27,31). The molecule has 2 aromatic rings. The van der Waals surface area contributed by atoms with Gasteiger partial charge in [-0.3, -0.25) is 4.98 Å². The van der Waals surface area contributed by atoms with Crippen molar-refractivity contribution in [3.05, 3.63) is 65.5 Å². The second-order valence-electron chi connectivity index (χ2n) is 8.98. The van der Waals surface area contributed by atoms with E-state index in [1.165, 1.54) is 22.4 Å². The van der Waals surface area contributed by atoms with E-state index in [1.54, 1.807) is 7.11 Å². The molecule has 4 rings (SSSR count). The minimum Gasteiger partial charge on any atom is -0.385 e. The Bertz CT molecular complexity index is 988. The SMILES string of the molecule is COCCCN1C(=S)NC(c2ccccn2)C1c1ccc2c(c1)C(C)=CC(C)(C)N2C. The molecule has 2 aliphatic rings. The van der Waals surface area contributed by atoms with Crippen LogP contribution in [0, 0.1) is 0 Å². The van der Waals surface area contributed by atoms with E-state index < -0.39 is 0 Å². The summed E-state index contributed by atoms with van der Waals surface area (Å²) in [5, 5.41) is 4.32. The van der Waals surface area contributed by atoms with E-state index in [1.807, 2.05) is 18.3 Å². The van der Waals surface area contributed by atoms with Gasteiger partial charge in [0, 0.05) is 44.8 Å². The zero-order valence-corrected chi connectivity index (χ0v) is 19.9. The maximum atomic E-state index is 5.76. The molecule has 1 fully saturated rings. The van der Waals surface area contributed by atoms with Crippen LogP contribution in [0.5, 0.6) is 0 Å². The first-order chi connectivity index (χ1) is 14.8. The van der Waals surface area contributed by atoms with Crippen molar-refractivity contribution in [1.29, 1.82) is 0 Å². The molecule has 0 aliphatic carbocycles. The zero-order valence-electron chi connectivity index (χ0n) is 19.1. The summed E-state index contributed by atoms with van der Waals surface area (Å²) in [5.41, 5.74) is 6.12. The predicted molar refractivity (Wildman–Crippen MR) is 131 cm³/mol. The first-order valence-electron chi connectivity index (χ1n) is 10.9. The third kappa shape index (κ3) is 4.06. The number of benzene rings is 1. The van der Waals surface area contributed by atoms with Crippen LogP contribution >= 0.6 is 12.2 Å². The summed E-state index contributed by atoms with van der Waals surface area (Å²) in [7, 11) is 3.91. The van der Waals surface area contributed by atoms with Crippen LogP contribution in [0.15, 0.2) is 48.7 Å². The van der Waals surface area contributed by atoms with Gasteiger partial charge in [0.2, 0.25) is 0 Å². The second kappa shape index (κ2) is 8.60. The number of fused-ring (bicyclic) bond motifs is 1. The normalized spacial score (nSPS) is 22.2. The number of rotatable bonds is 6. The average molecular weight is 437 g/mol. The molecule has 1 aromatic carbocycles. The van der Waals surface area contributed by atoms with E-state index in [9.17, 15) is 0 Å². The van der Waals surface area contributed by atoms with Gasteiger partial charge in [0.15, 0.2) is 5.11 Å². The topological polar surface area (TPSA) is 40.6 Å². The van der Waals surface area contributed by atoms with Gasteiger partial charge in [0.25, 0.3) is 0 Å². The Hall–Kier alpha value is -2.44. The number of methoxy groups -OCH3 is 1. The van der Waals surface area contributed by atoms with Crippen LogP contribution < -0.4 is 10.2 Å². The van der Waals surface area contributed by atoms with E-state index in [4.69, 9.17) is 17.0 Å². The van der Waals surface area contributed by atoms with Crippen molar-refractivity contribution in [3.8, 4) is 0 Å². The molecule has 5 nitrogen and oxygen atoms in total. The van der Waals surface area contributed by atoms with Gasteiger partial charge in [0.05, 0.1) is 23.3 Å². The molecule has 1 saturated heterocycles. The van der Waals surface area contributed by atoms with Gasteiger partial charge in [-0.2, -0.15) is 0 Å². The lowest BCUT2D eigenvalue weighted by molar-refractivity contribution is 0.180. The average Bonchev–Trinajstić information content (AvgIpc) is 3.09. The monoisotopic (exact) mass is 436 g/mol. The lowest BCUT2D eigenvalue weighted by Gasteiger charge is -2.41.